The highest BCUT2D eigenvalue weighted by Crippen LogP contribution is 2.27. The van der Waals surface area contributed by atoms with Crippen molar-refractivity contribution in [2.75, 3.05) is 20.8 Å². The molecule has 0 unspecified atom stereocenters. The first kappa shape index (κ1) is 26.6. The van der Waals surface area contributed by atoms with Gasteiger partial charge in [0.2, 0.25) is 0 Å². The maximum atomic E-state index is 13.4. The molecule has 0 atom stereocenters. The van der Waals surface area contributed by atoms with Gasteiger partial charge in [0.05, 0.1) is 26.2 Å². The summed E-state index contributed by atoms with van der Waals surface area (Å²) in [6.07, 6.45) is 4.19. The summed E-state index contributed by atoms with van der Waals surface area (Å²) in [5.74, 6) is -0.449. The number of benzene rings is 1. The average molecular weight is 519 g/mol. The van der Waals surface area contributed by atoms with Crippen LogP contribution in [0.4, 0.5) is 0 Å². The maximum absolute atomic E-state index is 13.4. The molecule has 198 valence electrons. The zero-order valence-corrected chi connectivity index (χ0v) is 21.9. The molecule has 0 radical (unpaired) electrons. The van der Waals surface area contributed by atoms with Gasteiger partial charge >= 0.3 is 5.97 Å². The van der Waals surface area contributed by atoms with E-state index in [1.807, 2.05) is 0 Å². The Labute approximate surface area is 219 Å². The third kappa shape index (κ3) is 5.15. The number of nitrogens with zero attached hydrogens (tertiary/aromatic N) is 4. The normalized spacial score (nSPS) is 11.6. The number of aryl methyl sites for hydroxylation is 1. The first-order valence-electron chi connectivity index (χ1n) is 12.5. The molecule has 0 aliphatic rings. The minimum Gasteiger partial charge on any atom is -0.493 e. The molecule has 0 saturated carbocycles. The monoisotopic (exact) mass is 518 g/mol. The number of methoxy groups -OCH3 is 2. The van der Waals surface area contributed by atoms with Crippen LogP contribution in [-0.2, 0) is 11.3 Å². The third-order valence-electron chi connectivity index (χ3n) is 6.11. The van der Waals surface area contributed by atoms with Gasteiger partial charge in [-0.05, 0) is 49.7 Å². The van der Waals surface area contributed by atoms with Crippen LogP contribution < -0.4 is 20.5 Å². The van der Waals surface area contributed by atoms with E-state index in [1.54, 1.807) is 48.0 Å². The minimum absolute atomic E-state index is 0.0134. The van der Waals surface area contributed by atoms with Crippen molar-refractivity contribution < 1.29 is 23.8 Å². The molecule has 38 heavy (non-hydrogen) atoms. The van der Waals surface area contributed by atoms with Crippen LogP contribution in [0, 0.1) is 0 Å². The summed E-state index contributed by atoms with van der Waals surface area (Å²) in [6.45, 7) is 4.27. The lowest BCUT2D eigenvalue weighted by molar-refractivity contribution is 0.0523. The fourth-order valence-electron chi connectivity index (χ4n) is 4.22. The highest BCUT2D eigenvalue weighted by atomic mass is 16.5. The zero-order chi connectivity index (χ0) is 27.2. The van der Waals surface area contributed by atoms with E-state index in [0.717, 1.165) is 19.3 Å². The van der Waals surface area contributed by atoms with E-state index in [9.17, 15) is 14.4 Å². The van der Waals surface area contributed by atoms with Crippen LogP contribution in [0.3, 0.4) is 0 Å². The number of unbranched alkanes of at least 4 members (excludes halogenated alkanes) is 2. The Kier molecular flexibility index (Phi) is 8.20. The van der Waals surface area contributed by atoms with E-state index < -0.39 is 11.9 Å². The largest absolute Gasteiger partial charge is 0.493 e. The molecule has 1 amide bonds. The topological polar surface area (TPSA) is 113 Å². The second-order valence-electron chi connectivity index (χ2n) is 8.53. The number of carbonyl (C=O) groups excluding carboxylic acids is 2. The number of esters is 1. The van der Waals surface area contributed by atoms with E-state index in [4.69, 9.17) is 19.2 Å². The molecule has 0 saturated heterocycles. The Morgan fingerprint density at radius 1 is 1.00 bits per heavy atom. The van der Waals surface area contributed by atoms with Crippen molar-refractivity contribution in [3.8, 4) is 11.5 Å². The van der Waals surface area contributed by atoms with E-state index in [2.05, 4.69) is 11.9 Å². The number of fused-ring (bicyclic) bond motifs is 2. The molecule has 0 bridgehead atoms. The molecule has 10 nitrogen and oxygen atoms in total. The van der Waals surface area contributed by atoms with Gasteiger partial charge in [-0.25, -0.2) is 9.78 Å². The Bertz CT molecular complexity index is 1640. The summed E-state index contributed by atoms with van der Waals surface area (Å²) in [4.78, 5) is 49.0. The van der Waals surface area contributed by atoms with Crippen LogP contribution in [-0.4, -0.2) is 46.7 Å². The van der Waals surface area contributed by atoms with Gasteiger partial charge in [0.25, 0.3) is 11.5 Å². The summed E-state index contributed by atoms with van der Waals surface area (Å²) in [6, 6.07) is 11.4. The molecule has 10 heteroatoms. The van der Waals surface area contributed by atoms with Crippen molar-refractivity contribution >= 4 is 28.6 Å². The Morgan fingerprint density at radius 3 is 2.50 bits per heavy atom. The molecule has 3 heterocycles. The Balaban J connectivity index is 2.05. The van der Waals surface area contributed by atoms with Crippen molar-refractivity contribution in [1.29, 1.82) is 0 Å². The molecule has 0 fully saturated rings. The summed E-state index contributed by atoms with van der Waals surface area (Å²) in [7, 11) is 2.98. The number of carbonyl (C=O) groups is 2. The lowest BCUT2D eigenvalue weighted by atomic mass is 10.1. The van der Waals surface area contributed by atoms with E-state index in [-0.39, 0.29) is 34.2 Å². The van der Waals surface area contributed by atoms with Crippen molar-refractivity contribution in [2.45, 2.75) is 39.7 Å². The molecule has 0 aliphatic heterocycles. The molecule has 0 aliphatic carbocycles. The molecule has 1 aromatic carbocycles. The summed E-state index contributed by atoms with van der Waals surface area (Å²) >= 11 is 0. The van der Waals surface area contributed by atoms with Gasteiger partial charge in [-0.2, -0.15) is 4.99 Å². The number of pyridine rings is 2. The van der Waals surface area contributed by atoms with Gasteiger partial charge < -0.3 is 18.8 Å². The van der Waals surface area contributed by atoms with Crippen LogP contribution in [0.2, 0.25) is 0 Å². The molecule has 0 N–H and O–H groups in total. The van der Waals surface area contributed by atoms with Crippen molar-refractivity contribution in [1.82, 2.24) is 14.0 Å². The van der Waals surface area contributed by atoms with Gasteiger partial charge in [0.1, 0.15) is 16.9 Å². The van der Waals surface area contributed by atoms with Gasteiger partial charge in [0, 0.05) is 18.3 Å². The fraction of sp³-hybridized carbons (Fsp3) is 0.321. The van der Waals surface area contributed by atoms with Crippen molar-refractivity contribution in [3.63, 3.8) is 0 Å². The van der Waals surface area contributed by atoms with E-state index in [0.29, 0.717) is 29.3 Å². The number of ether oxygens (including phenoxy) is 3. The molecule has 0 spiro atoms. The summed E-state index contributed by atoms with van der Waals surface area (Å²) < 4.78 is 19.0. The fourth-order valence-corrected chi connectivity index (χ4v) is 4.22. The van der Waals surface area contributed by atoms with Gasteiger partial charge in [-0.15, -0.1) is 0 Å². The lowest BCUT2D eigenvalue weighted by Gasteiger charge is -2.15. The number of rotatable bonds is 9. The van der Waals surface area contributed by atoms with E-state index >= 15 is 0 Å². The highest BCUT2D eigenvalue weighted by molar-refractivity contribution is 5.97. The number of hydrogen-bond donors (Lipinski definition) is 0. The first-order chi connectivity index (χ1) is 18.4. The highest BCUT2D eigenvalue weighted by Gasteiger charge is 2.20. The molecular formula is C28H30N4O6. The van der Waals surface area contributed by atoms with Crippen LogP contribution in [0.25, 0.3) is 16.7 Å². The second kappa shape index (κ2) is 11.7. The smallest absolute Gasteiger partial charge is 0.341 e. The molecule has 4 rings (SSSR count). The number of aromatic nitrogens is 3. The number of hydrogen-bond acceptors (Lipinski definition) is 7. The molecular weight excluding hydrogens is 488 g/mol. The lowest BCUT2D eigenvalue weighted by Crippen LogP contribution is -2.33. The van der Waals surface area contributed by atoms with Crippen molar-refractivity contribution in [2.24, 2.45) is 4.99 Å². The van der Waals surface area contributed by atoms with Gasteiger partial charge in [0.15, 0.2) is 17.0 Å². The van der Waals surface area contributed by atoms with E-state index in [1.165, 1.54) is 30.8 Å². The standard InChI is InChI=1S/C28H30N4O6/c1-5-7-9-15-32-24-19(27(34)31-14-10-8-11-23(31)29-24)17-20(28(35)38-6-2)25(32)30-26(33)18-12-13-21(36-3)22(16-18)37-4/h8,10-14,16-17H,5-7,9,15H2,1-4H3. The molecule has 4 aromatic rings. The van der Waals surface area contributed by atoms with Crippen LogP contribution in [0.1, 0.15) is 53.8 Å². The maximum Gasteiger partial charge on any atom is 0.341 e. The van der Waals surface area contributed by atoms with Crippen LogP contribution in [0.5, 0.6) is 11.5 Å². The quantitative estimate of drug-likeness (QED) is 0.188. The SMILES string of the molecule is CCCCCn1c(=NC(=O)c2ccc(OC)c(OC)c2)c(C(=O)OCC)cc2c(=O)n3ccccc3nc21. The van der Waals surface area contributed by atoms with Crippen molar-refractivity contribution in [3.05, 3.63) is 75.6 Å². The Hall–Kier alpha value is -4.47. The van der Waals surface area contributed by atoms with Gasteiger partial charge in [-0.1, -0.05) is 25.8 Å². The predicted molar refractivity (Wildman–Crippen MR) is 142 cm³/mol. The Morgan fingerprint density at radius 2 is 1.79 bits per heavy atom. The first-order valence-corrected chi connectivity index (χ1v) is 12.5. The average Bonchev–Trinajstić information content (AvgIpc) is 2.93. The second-order valence-corrected chi connectivity index (χ2v) is 8.53. The summed E-state index contributed by atoms with van der Waals surface area (Å²) in [5, 5.41) is 0.228. The molecule has 3 aromatic heterocycles. The minimum atomic E-state index is -0.685. The van der Waals surface area contributed by atoms with Crippen LogP contribution >= 0.6 is 0 Å². The van der Waals surface area contributed by atoms with Gasteiger partial charge in [-0.3, -0.25) is 14.0 Å². The summed E-state index contributed by atoms with van der Waals surface area (Å²) in [5.41, 5.74) is 0.778. The van der Waals surface area contributed by atoms with Crippen LogP contribution in [0.15, 0.2) is 58.4 Å². The zero-order valence-electron chi connectivity index (χ0n) is 21.9. The third-order valence-corrected chi connectivity index (χ3v) is 6.11. The number of amides is 1. The predicted octanol–water partition coefficient (Wildman–Crippen LogP) is 3.77.